The number of carbonyl (C=O) groups is 2. The number of hydrogen-bond donors (Lipinski definition) is 2. The van der Waals surface area contributed by atoms with Gasteiger partial charge in [-0.05, 0) is 31.4 Å². The van der Waals surface area contributed by atoms with Crippen LogP contribution in [0.2, 0.25) is 0 Å². The van der Waals surface area contributed by atoms with Gasteiger partial charge in [0.15, 0.2) is 0 Å². The van der Waals surface area contributed by atoms with Crippen molar-refractivity contribution in [3.63, 3.8) is 0 Å². The van der Waals surface area contributed by atoms with Crippen LogP contribution >= 0.6 is 0 Å². The fourth-order valence-corrected chi connectivity index (χ4v) is 1.55. The molecule has 0 aliphatic rings. The molecule has 0 fully saturated rings. The summed E-state index contributed by atoms with van der Waals surface area (Å²) in [6.07, 6.45) is 1.16. The average Bonchev–Trinajstić information content (AvgIpc) is 2.29. The molecule has 0 heterocycles. The van der Waals surface area contributed by atoms with Crippen molar-refractivity contribution in [2.24, 2.45) is 0 Å². The molecule has 0 aromatic heterocycles. The molecule has 0 radical (unpaired) electrons. The second-order valence-electron chi connectivity index (χ2n) is 4.08. The van der Waals surface area contributed by atoms with Gasteiger partial charge in [-0.2, -0.15) is 0 Å². The lowest BCUT2D eigenvalue weighted by atomic mass is 10.1. The number of hydrogen-bond acceptors (Lipinski definition) is 2. The third-order valence-corrected chi connectivity index (χ3v) is 2.53. The second kappa shape index (κ2) is 6.74. The number of para-hydroxylation sites is 1. The number of rotatable bonds is 6. The highest BCUT2D eigenvalue weighted by molar-refractivity contribution is 5.91. The van der Waals surface area contributed by atoms with E-state index in [1.165, 1.54) is 6.07 Å². The fraction of sp³-hybridized carbons (Fsp3) is 0.385. The molecule has 4 nitrogen and oxygen atoms in total. The van der Waals surface area contributed by atoms with Gasteiger partial charge in [0.1, 0.15) is 5.82 Å². The van der Waals surface area contributed by atoms with Crippen molar-refractivity contribution in [1.29, 1.82) is 0 Å². The van der Waals surface area contributed by atoms with Crippen molar-refractivity contribution < 1.29 is 19.1 Å². The van der Waals surface area contributed by atoms with E-state index < -0.39 is 11.8 Å². The molecule has 0 bridgehead atoms. The first-order valence-corrected chi connectivity index (χ1v) is 5.77. The molecule has 0 aliphatic carbocycles. The van der Waals surface area contributed by atoms with Gasteiger partial charge in [0, 0.05) is 12.8 Å². The lowest BCUT2D eigenvalue weighted by molar-refractivity contribution is -0.137. The number of benzene rings is 1. The molecule has 0 saturated heterocycles. The second-order valence-corrected chi connectivity index (χ2v) is 4.08. The number of amides is 1. The Bertz CT molecular complexity index is 426. The molecule has 0 saturated carbocycles. The molecule has 98 valence electrons. The molecular weight excluding hydrogens is 237 g/mol. The quantitative estimate of drug-likeness (QED) is 0.766. The summed E-state index contributed by atoms with van der Waals surface area (Å²) in [5, 5.41) is 10.9. The van der Waals surface area contributed by atoms with E-state index in [0.717, 1.165) is 0 Å². The number of carboxylic acid groups (broad SMARTS) is 1. The van der Waals surface area contributed by atoms with Crippen LogP contribution in [-0.2, 0) is 9.59 Å². The molecule has 1 aromatic rings. The monoisotopic (exact) mass is 253 g/mol. The van der Waals surface area contributed by atoms with E-state index in [2.05, 4.69) is 5.32 Å². The lowest BCUT2D eigenvalue weighted by Gasteiger charge is -2.09. The fourth-order valence-electron chi connectivity index (χ4n) is 1.55. The largest absolute Gasteiger partial charge is 0.481 e. The van der Waals surface area contributed by atoms with E-state index >= 15 is 0 Å². The van der Waals surface area contributed by atoms with E-state index in [4.69, 9.17) is 5.11 Å². The van der Waals surface area contributed by atoms with Gasteiger partial charge in [-0.15, -0.1) is 0 Å². The highest BCUT2D eigenvalue weighted by atomic mass is 19.1. The molecule has 0 spiro atoms. The summed E-state index contributed by atoms with van der Waals surface area (Å²) >= 11 is 0. The number of carboxylic acids is 1. The van der Waals surface area contributed by atoms with Crippen LogP contribution < -0.4 is 5.32 Å². The topological polar surface area (TPSA) is 66.4 Å². The zero-order valence-electron chi connectivity index (χ0n) is 10.2. The maximum atomic E-state index is 13.4. The van der Waals surface area contributed by atoms with Crippen molar-refractivity contribution in [1.82, 2.24) is 0 Å². The molecule has 1 rings (SSSR count). The Labute approximate surface area is 105 Å². The summed E-state index contributed by atoms with van der Waals surface area (Å²) in [7, 11) is 0. The molecule has 0 atom stereocenters. The van der Waals surface area contributed by atoms with E-state index in [-0.39, 0.29) is 24.4 Å². The highest BCUT2D eigenvalue weighted by Gasteiger charge is 2.09. The van der Waals surface area contributed by atoms with Gasteiger partial charge >= 0.3 is 5.97 Å². The Kier molecular flexibility index (Phi) is 5.30. The van der Waals surface area contributed by atoms with Crippen LogP contribution in [0.5, 0.6) is 0 Å². The van der Waals surface area contributed by atoms with E-state index in [9.17, 15) is 14.0 Å². The van der Waals surface area contributed by atoms with Gasteiger partial charge in [-0.25, -0.2) is 4.39 Å². The SMILES string of the molecule is Cc1cccc(F)c1NC(=O)CCCCC(=O)O. The van der Waals surface area contributed by atoms with E-state index in [0.29, 0.717) is 18.4 Å². The summed E-state index contributed by atoms with van der Waals surface area (Å²) in [4.78, 5) is 21.8. The maximum Gasteiger partial charge on any atom is 0.303 e. The first kappa shape index (κ1) is 14.2. The van der Waals surface area contributed by atoms with Crippen molar-refractivity contribution in [2.75, 3.05) is 5.32 Å². The van der Waals surface area contributed by atoms with Crippen LogP contribution in [0.25, 0.3) is 0 Å². The molecule has 0 unspecified atom stereocenters. The minimum atomic E-state index is -0.875. The van der Waals surface area contributed by atoms with Crippen molar-refractivity contribution in [2.45, 2.75) is 32.6 Å². The molecule has 0 aliphatic heterocycles. The molecular formula is C13H16FNO3. The first-order chi connectivity index (χ1) is 8.50. The Hall–Kier alpha value is -1.91. The third-order valence-electron chi connectivity index (χ3n) is 2.53. The summed E-state index contributed by atoms with van der Waals surface area (Å²) < 4.78 is 13.4. The minimum absolute atomic E-state index is 0.0476. The molecule has 2 N–H and O–H groups in total. The summed E-state index contributed by atoms with van der Waals surface area (Å²) in [6.45, 7) is 1.71. The van der Waals surface area contributed by atoms with Gasteiger partial charge in [-0.1, -0.05) is 12.1 Å². The van der Waals surface area contributed by atoms with Gasteiger partial charge in [0.25, 0.3) is 0 Å². The van der Waals surface area contributed by atoms with Crippen LogP contribution in [-0.4, -0.2) is 17.0 Å². The number of anilines is 1. The summed E-state index contributed by atoms with van der Waals surface area (Å²) in [5.41, 5.74) is 0.856. The number of aryl methyl sites for hydroxylation is 1. The molecule has 18 heavy (non-hydrogen) atoms. The summed E-state index contributed by atoms with van der Waals surface area (Å²) in [5.74, 6) is -1.64. The molecule has 1 amide bonds. The van der Waals surface area contributed by atoms with Crippen LogP contribution in [0, 0.1) is 12.7 Å². The van der Waals surface area contributed by atoms with Crippen molar-refractivity contribution >= 4 is 17.6 Å². The highest BCUT2D eigenvalue weighted by Crippen LogP contribution is 2.19. The number of halogens is 1. The maximum absolute atomic E-state index is 13.4. The number of carbonyl (C=O) groups excluding carboxylic acids is 1. The molecule has 1 aromatic carbocycles. The average molecular weight is 253 g/mol. The third kappa shape index (κ3) is 4.53. The van der Waals surface area contributed by atoms with Crippen LogP contribution in [0.1, 0.15) is 31.2 Å². The van der Waals surface area contributed by atoms with Gasteiger partial charge in [0.05, 0.1) is 5.69 Å². The van der Waals surface area contributed by atoms with E-state index in [1.807, 2.05) is 0 Å². The normalized spacial score (nSPS) is 10.1. The first-order valence-electron chi connectivity index (χ1n) is 5.77. The smallest absolute Gasteiger partial charge is 0.303 e. The van der Waals surface area contributed by atoms with Crippen molar-refractivity contribution in [3.05, 3.63) is 29.6 Å². The summed E-state index contributed by atoms with van der Waals surface area (Å²) in [6, 6.07) is 4.57. The van der Waals surface area contributed by atoms with E-state index in [1.54, 1.807) is 19.1 Å². The Morgan fingerprint density at radius 2 is 1.94 bits per heavy atom. The van der Waals surface area contributed by atoms with Gasteiger partial charge in [-0.3, -0.25) is 9.59 Å². The Balaban J connectivity index is 2.43. The molecule has 5 heteroatoms. The van der Waals surface area contributed by atoms with Crippen LogP contribution in [0.4, 0.5) is 10.1 Å². The standard InChI is InChI=1S/C13H16FNO3/c1-9-5-4-6-10(14)13(9)15-11(16)7-2-3-8-12(17)18/h4-6H,2-3,7-8H2,1H3,(H,15,16)(H,17,18). The zero-order valence-corrected chi connectivity index (χ0v) is 10.2. The minimum Gasteiger partial charge on any atom is -0.481 e. The Morgan fingerprint density at radius 1 is 1.28 bits per heavy atom. The van der Waals surface area contributed by atoms with Crippen molar-refractivity contribution in [3.8, 4) is 0 Å². The number of unbranched alkanes of at least 4 members (excludes halogenated alkanes) is 1. The predicted octanol–water partition coefficient (Wildman–Crippen LogP) is 2.72. The number of nitrogens with one attached hydrogen (secondary N) is 1. The predicted molar refractivity (Wildman–Crippen MR) is 65.9 cm³/mol. The number of aliphatic carboxylic acids is 1. The van der Waals surface area contributed by atoms with Crippen LogP contribution in [0.15, 0.2) is 18.2 Å². The lowest BCUT2D eigenvalue weighted by Crippen LogP contribution is -2.13. The van der Waals surface area contributed by atoms with Gasteiger partial charge < -0.3 is 10.4 Å². The Morgan fingerprint density at radius 3 is 2.56 bits per heavy atom. The van der Waals surface area contributed by atoms with Gasteiger partial charge in [0.2, 0.25) is 5.91 Å². The zero-order chi connectivity index (χ0) is 13.5. The van der Waals surface area contributed by atoms with Crippen LogP contribution in [0.3, 0.4) is 0 Å².